The van der Waals surface area contributed by atoms with E-state index in [4.69, 9.17) is 37.2 Å². The standard InChI is InChI=1S/C31H30Cl2FNO5/c32-25-2-1-3-26(33)27(25)28-24(29(40-35-28)16-4-5-16)15-38-22-11-18-8-9-19(12-22)31(18,37)20-10-21(34)14-23(13-20)39-30(36)17-6-7-17/h1-3,10,13-14,16-19,22,37H,4-9,11-12,15H2/t18-,19+,22?,31?. The van der Waals surface area contributed by atoms with E-state index in [0.29, 0.717) is 52.2 Å². The van der Waals surface area contributed by atoms with E-state index in [1.54, 1.807) is 24.3 Å². The van der Waals surface area contributed by atoms with Crippen molar-refractivity contribution < 1.29 is 28.3 Å². The van der Waals surface area contributed by atoms with Crippen LogP contribution in [0.2, 0.25) is 10.0 Å². The van der Waals surface area contributed by atoms with E-state index in [0.717, 1.165) is 49.8 Å². The molecule has 0 aliphatic heterocycles. The molecule has 4 atom stereocenters. The number of halogens is 3. The smallest absolute Gasteiger partial charge is 0.314 e. The summed E-state index contributed by atoms with van der Waals surface area (Å²) in [6.07, 6.45) is 6.51. The van der Waals surface area contributed by atoms with Gasteiger partial charge in [0.1, 0.15) is 23.0 Å². The van der Waals surface area contributed by atoms with Gasteiger partial charge in [-0.15, -0.1) is 0 Å². The van der Waals surface area contributed by atoms with Crippen LogP contribution in [0.15, 0.2) is 40.9 Å². The summed E-state index contributed by atoms with van der Waals surface area (Å²) in [7, 11) is 0. The number of carbonyl (C=O) groups is 1. The molecule has 0 amide bonds. The van der Waals surface area contributed by atoms with Crippen molar-refractivity contribution in [3.63, 3.8) is 0 Å². The Balaban J connectivity index is 1.10. The largest absolute Gasteiger partial charge is 0.426 e. The molecule has 7 rings (SSSR count). The molecular formula is C31H30Cl2FNO5. The Morgan fingerprint density at radius 2 is 1.75 bits per heavy atom. The number of carbonyl (C=O) groups excluding carboxylic acids is 1. The first-order chi connectivity index (χ1) is 19.3. The zero-order valence-corrected chi connectivity index (χ0v) is 23.4. The summed E-state index contributed by atoms with van der Waals surface area (Å²) < 4.78 is 32.3. The van der Waals surface area contributed by atoms with E-state index in [9.17, 15) is 14.3 Å². The van der Waals surface area contributed by atoms with Crippen LogP contribution in [0.3, 0.4) is 0 Å². The molecule has 210 valence electrons. The fraction of sp³-hybridized carbons (Fsp3) is 0.484. The third-order valence-corrected chi connectivity index (χ3v) is 9.73. The number of rotatable bonds is 8. The van der Waals surface area contributed by atoms with E-state index in [1.807, 2.05) is 0 Å². The van der Waals surface area contributed by atoms with E-state index in [-0.39, 0.29) is 35.6 Å². The number of nitrogens with zero attached hydrogens (tertiary/aromatic N) is 1. The van der Waals surface area contributed by atoms with Gasteiger partial charge >= 0.3 is 5.97 Å². The molecule has 1 heterocycles. The number of aliphatic hydroxyl groups is 1. The molecule has 4 saturated carbocycles. The second-order valence-electron chi connectivity index (χ2n) is 11.8. The lowest BCUT2D eigenvalue weighted by Crippen LogP contribution is -2.44. The third kappa shape index (κ3) is 4.75. The van der Waals surface area contributed by atoms with Crippen LogP contribution in [0.5, 0.6) is 5.75 Å². The molecule has 0 spiro atoms. The van der Waals surface area contributed by atoms with Crippen molar-refractivity contribution in [3.8, 4) is 17.0 Å². The average molecular weight is 586 g/mol. The first kappa shape index (κ1) is 26.4. The minimum atomic E-state index is -1.20. The summed E-state index contributed by atoms with van der Waals surface area (Å²) in [5.41, 5.74) is 1.40. The Labute approximate surface area is 241 Å². The lowest BCUT2D eigenvalue weighted by Gasteiger charge is -2.43. The van der Waals surface area contributed by atoms with Gasteiger partial charge in [0.2, 0.25) is 0 Å². The number of aromatic nitrogens is 1. The van der Waals surface area contributed by atoms with Gasteiger partial charge in [0.05, 0.1) is 34.3 Å². The highest BCUT2D eigenvalue weighted by Gasteiger charge is 2.55. The number of fused-ring (bicyclic) bond motifs is 2. The Bertz CT molecular complexity index is 1430. The van der Waals surface area contributed by atoms with Crippen molar-refractivity contribution in [2.45, 2.75) is 75.6 Å². The molecule has 3 aromatic rings. The summed E-state index contributed by atoms with van der Waals surface area (Å²) in [5.74, 6) is 0.149. The molecule has 1 N–H and O–H groups in total. The van der Waals surface area contributed by atoms with Gasteiger partial charge in [0, 0.05) is 23.1 Å². The fourth-order valence-electron chi connectivity index (χ4n) is 6.73. The van der Waals surface area contributed by atoms with Crippen LogP contribution in [0.4, 0.5) is 4.39 Å². The minimum Gasteiger partial charge on any atom is -0.426 e. The minimum absolute atomic E-state index is 0.0879. The van der Waals surface area contributed by atoms with Gasteiger partial charge in [-0.05, 0) is 93.0 Å². The highest BCUT2D eigenvalue weighted by atomic mass is 35.5. The zero-order chi connectivity index (χ0) is 27.6. The van der Waals surface area contributed by atoms with Gasteiger partial charge in [-0.1, -0.05) is 34.4 Å². The van der Waals surface area contributed by atoms with Crippen LogP contribution in [0.25, 0.3) is 11.3 Å². The van der Waals surface area contributed by atoms with Crippen molar-refractivity contribution in [1.29, 1.82) is 0 Å². The van der Waals surface area contributed by atoms with Crippen molar-refractivity contribution in [3.05, 3.63) is 69.1 Å². The summed E-state index contributed by atoms with van der Waals surface area (Å²) in [6, 6.07) is 9.58. The number of ether oxygens (including phenoxy) is 2. The normalized spacial score (nSPS) is 27.6. The van der Waals surface area contributed by atoms with E-state index in [1.165, 1.54) is 12.1 Å². The van der Waals surface area contributed by atoms with Crippen molar-refractivity contribution in [2.24, 2.45) is 17.8 Å². The maximum atomic E-state index is 14.6. The topological polar surface area (TPSA) is 81.8 Å². The summed E-state index contributed by atoms with van der Waals surface area (Å²) in [5, 5.41) is 17.3. The monoisotopic (exact) mass is 585 g/mol. The first-order valence-electron chi connectivity index (χ1n) is 14.1. The second-order valence-corrected chi connectivity index (χ2v) is 12.6. The van der Waals surface area contributed by atoms with E-state index < -0.39 is 11.4 Å². The Morgan fingerprint density at radius 3 is 2.40 bits per heavy atom. The highest BCUT2D eigenvalue weighted by Crippen LogP contribution is 2.56. The van der Waals surface area contributed by atoms with Crippen LogP contribution in [0.1, 0.15) is 74.2 Å². The molecule has 4 aliphatic rings. The molecule has 2 aromatic carbocycles. The van der Waals surface area contributed by atoms with E-state index >= 15 is 0 Å². The Hall–Kier alpha value is -2.45. The van der Waals surface area contributed by atoms with Crippen molar-refractivity contribution >= 4 is 29.2 Å². The van der Waals surface area contributed by atoms with Crippen LogP contribution < -0.4 is 4.74 Å². The van der Waals surface area contributed by atoms with Gasteiger partial charge in [0.15, 0.2) is 0 Å². The van der Waals surface area contributed by atoms with Gasteiger partial charge < -0.3 is 19.1 Å². The van der Waals surface area contributed by atoms with Gasteiger partial charge in [-0.3, -0.25) is 4.79 Å². The number of esters is 1. The van der Waals surface area contributed by atoms with Crippen LogP contribution in [-0.2, 0) is 21.7 Å². The molecule has 0 saturated heterocycles. The quantitative estimate of drug-likeness (QED) is 0.217. The molecule has 9 heteroatoms. The zero-order valence-electron chi connectivity index (χ0n) is 21.9. The molecule has 0 radical (unpaired) electrons. The molecule has 4 fully saturated rings. The molecule has 40 heavy (non-hydrogen) atoms. The lowest BCUT2D eigenvalue weighted by atomic mass is 9.69. The van der Waals surface area contributed by atoms with Crippen LogP contribution >= 0.6 is 23.2 Å². The highest BCUT2D eigenvalue weighted by molar-refractivity contribution is 6.39. The molecule has 1 aromatic heterocycles. The van der Waals surface area contributed by atoms with Gasteiger partial charge in [0.25, 0.3) is 0 Å². The second kappa shape index (κ2) is 10.1. The fourth-order valence-corrected chi connectivity index (χ4v) is 7.31. The third-order valence-electron chi connectivity index (χ3n) is 9.10. The van der Waals surface area contributed by atoms with Gasteiger partial charge in [-0.25, -0.2) is 4.39 Å². The molecule has 2 bridgehead atoms. The Kier molecular flexibility index (Phi) is 6.69. The predicted octanol–water partition coefficient (Wildman–Crippen LogP) is 7.57. The predicted molar refractivity (Wildman–Crippen MR) is 147 cm³/mol. The number of hydrogen-bond acceptors (Lipinski definition) is 6. The first-order valence-corrected chi connectivity index (χ1v) is 14.9. The molecule has 4 aliphatic carbocycles. The molecule has 6 nitrogen and oxygen atoms in total. The number of hydrogen-bond donors (Lipinski definition) is 1. The summed E-state index contributed by atoms with van der Waals surface area (Å²) in [4.78, 5) is 12.2. The lowest BCUT2D eigenvalue weighted by molar-refractivity contribution is -0.135. The maximum Gasteiger partial charge on any atom is 0.314 e. The number of benzene rings is 2. The maximum absolute atomic E-state index is 14.6. The average Bonchev–Trinajstić information content (AvgIpc) is 3.84. The van der Waals surface area contributed by atoms with Crippen molar-refractivity contribution in [2.75, 3.05) is 0 Å². The van der Waals surface area contributed by atoms with Gasteiger partial charge in [-0.2, -0.15) is 0 Å². The SMILES string of the molecule is O=C(Oc1cc(F)cc(C2(O)[C@@H]3CC[C@H]2CC(OCc2c(-c4c(Cl)cccc4Cl)noc2C2CC2)C3)c1)C1CC1. The summed E-state index contributed by atoms with van der Waals surface area (Å²) >= 11 is 13.0. The summed E-state index contributed by atoms with van der Waals surface area (Å²) in [6.45, 7) is 0.302. The van der Waals surface area contributed by atoms with Crippen molar-refractivity contribution in [1.82, 2.24) is 5.16 Å². The Morgan fingerprint density at radius 1 is 1.05 bits per heavy atom. The molecular weight excluding hydrogens is 556 g/mol. The van der Waals surface area contributed by atoms with Crippen LogP contribution in [-0.4, -0.2) is 22.3 Å². The van der Waals surface area contributed by atoms with Crippen LogP contribution in [0, 0.1) is 23.6 Å². The molecule has 2 unspecified atom stereocenters. The van der Waals surface area contributed by atoms with E-state index in [2.05, 4.69) is 5.16 Å².